The van der Waals surface area contributed by atoms with E-state index in [2.05, 4.69) is 4.90 Å². The highest BCUT2D eigenvalue weighted by Crippen LogP contribution is 2.26. The van der Waals surface area contributed by atoms with Crippen LogP contribution in [0.4, 0.5) is 5.69 Å². The first-order valence-corrected chi connectivity index (χ1v) is 7.97. The summed E-state index contributed by atoms with van der Waals surface area (Å²) < 4.78 is 0. The number of para-hydroxylation sites is 1. The second-order valence-electron chi connectivity index (χ2n) is 5.59. The fourth-order valence-electron chi connectivity index (χ4n) is 2.73. The molecular weight excluding hydrogens is 286 g/mol. The number of carbonyl (C=O) groups excluding carboxylic acids is 1. The van der Waals surface area contributed by atoms with Gasteiger partial charge in [-0.3, -0.25) is 4.79 Å². The largest absolute Gasteiger partial charge is 0.367 e. The van der Waals surface area contributed by atoms with Gasteiger partial charge in [0.2, 0.25) is 5.91 Å². The zero-order valence-electron chi connectivity index (χ0n) is 12.8. The highest BCUT2D eigenvalue weighted by atomic mass is 35.5. The maximum Gasteiger partial charge on any atom is 0.242 e. The van der Waals surface area contributed by atoms with Gasteiger partial charge in [0, 0.05) is 26.2 Å². The quantitative estimate of drug-likeness (QED) is 0.929. The van der Waals surface area contributed by atoms with Crippen LogP contribution in [0.15, 0.2) is 24.3 Å². The minimum atomic E-state index is -0.716. The first kappa shape index (κ1) is 16.1. The topological polar surface area (TPSA) is 49.6 Å². The number of piperazine rings is 1. The Balaban J connectivity index is 2.01. The van der Waals surface area contributed by atoms with Crippen molar-refractivity contribution in [1.29, 1.82) is 0 Å². The summed E-state index contributed by atoms with van der Waals surface area (Å²) in [6.07, 6.45) is 1.35. The molecule has 4 nitrogen and oxygen atoms in total. The molecule has 0 spiro atoms. The third-order valence-electron chi connectivity index (χ3n) is 4.45. The summed E-state index contributed by atoms with van der Waals surface area (Å²) in [5.74, 6) is 0.0753. The van der Waals surface area contributed by atoms with E-state index < -0.39 is 5.54 Å². The van der Waals surface area contributed by atoms with Gasteiger partial charge < -0.3 is 15.5 Å². The van der Waals surface area contributed by atoms with Gasteiger partial charge in [0.25, 0.3) is 0 Å². The number of amides is 1. The lowest BCUT2D eigenvalue weighted by molar-refractivity contribution is -0.137. The van der Waals surface area contributed by atoms with E-state index in [-0.39, 0.29) is 5.91 Å². The normalized spacial score (nSPS) is 16.2. The molecular formula is C16H24ClN3O. The summed E-state index contributed by atoms with van der Waals surface area (Å²) >= 11 is 6.23. The maximum atomic E-state index is 12.5. The molecule has 2 N–H and O–H groups in total. The van der Waals surface area contributed by atoms with Crippen molar-refractivity contribution in [3.8, 4) is 0 Å². The summed E-state index contributed by atoms with van der Waals surface area (Å²) in [7, 11) is 0. The third kappa shape index (κ3) is 3.33. The fourth-order valence-corrected chi connectivity index (χ4v) is 2.98. The Morgan fingerprint density at radius 3 is 2.29 bits per heavy atom. The molecule has 1 fully saturated rings. The van der Waals surface area contributed by atoms with Crippen LogP contribution in [0.3, 0.4) is 0 Å². The molecule has 1 amide bonds. The summed E-state index contributed by atoms with van der Waals surface area (Å²) in [5.41, 5.74) is 6.54. The predicted molar refractivity (Wildman–Crippen MR) is 87.7 cm³/mol. The highest BCUT2D eigenvalue weighted by molar-refractivity contribution is 6.33. The number of hydrogen-bond acceptors (Lipinski definition) is 3. The lowest BCUT2D eigenvalue weighted by Gasteiger charge is -2.40. The highest BCUT2D eigenvalue weighted by Gasteiger charge is 2.35. The molecule has 1 aromatic rings. The molecule has 0 aliphatic carbocycles. The second-order valence-corrected chi connectivity index (χ2v) is 6.00. The molecule has 21 heavy (non-hydrogen) atoms. The number of hydrogen-bond donors (Lipinski definition) is 1. The van der Waals surface area contributed by atoms with E-state index in [1.807, 2.05) is 43.0 Å². The van der Waals surface area contributed by atoms with Crippen LogP contribution >= 0.6 is 11.6 Å². The van der Waals surface area contributed by atoms with Crippen LogP contribution in [-0.4, -0.2) is 42.5 Å². The van der Waals surface area contributed by atoms with Crippen LogP contribution in [0, 0.1) is 0 Å². The van der Waals surface area contributed by atoms with Gasteiger partial charge in [0.05, 0.1) is 16.2 Å². The summed E-state index contributed by atoms with van der Waals surface area (Å²) in [6, 6.07) is 7.83. The smallest absolute Gasteiger partial charge is 0.242 e. The first-order chi connectivity index (χ1) is 10.0. The van der Waals surface area contributed by atoms with Gasteiger partial charge in [-0.1, -0.05) is 37.6 Å². The zero-order valence-corrected chi connectivity index (χ0v) is 13.6. The van der Waals surface area contributed by atoms with Crippen molar-refractivity contribution >= 4 is 23.2 Å². The molecule has 0 bridgehead atoms. The Bertz CT molecular complexity index is 494. The van der Waals surface area contributed by atoms with E-state index in [9.17, 15) is 4.79 Å². The second kappa shape index (κ2) is 6.67. The van der Waals surface area contributed by atoms with E-state index in [1.165, 1.54) is 0 Å². The first-order valence-electron chi connectivity index (χ1n) is 7.59. The van der Waals surface area contributed by atoms with Crippen LogP contribution in [0.5, 0.6) is 0 Å². The number of nitrogens with two attached hydrogens (primary N) is 1. The SMILES string of the molecule is CCC(N)(CC)C(=O)N1CCN(c2ccccc2Cl)CC1. The van der Waals surface area contributed by atoms with E-state index in [0.29, 0.717) is 25.9 Å². The van der Waals surface area contributed by atoms with Crippen LogP contribution in [0.25, 0.3) is 0 Å². The molecule has 2 rings (SSSR count). The number of anilines is 1. The molecule has 5 heteroatoms. The molecule has 116 valence electrons. The van der Waals surface area contributed by atoms with Crippen molar-refractivity contribution in [3.05, 3.63) is 29.3 Å². The van der Waals surface area contributed by atoms with Gasteiger partial charge in [-0.2, -0.15) is 0 Å². The van der Waals surface area contributed by atoms with Gasteiger partial charge in [-0.25, -0.2) is 0 Å². The van der Waals surface area contributed by atoms with Gasteiger partial charge in [0.15, 0.2) is 0 Å². The summed E-state index contributed by atoms with van der Waals surface area (Å²) in [5, 5.41) is 0.757. The van der Waals surface area contributed by atoms with Gasteiger partial charge in [0.1, 0.15) is 0 Å². The monoisotopic (exact) mass is 309 g/mol. The molecule has 0 atom stereocenters. The summed E-state index contributed by atoms with van der Waals surface area (Å²) in [4.78, 5) is 16.7. The van der Waals surface area contributed by atoms with Crippen LogP contribution < -0.4 is 10.6 Å². The van der Waals surface area contributed by atoms with E-state index in [1.54, 1.807) is 0 Å². The standard InChI is InChI=1S/C16H24ClN3O/c1-3-16(18,4-2)15(21)20-11-9-19(10-12-20)14-8-6-5-7-13(14)17/h5-8H,3-4,9-12,18H2,1-2H3. The molecule has 0 radical (unpaired) electrons. The average molecular weight is 310 g/mol. The zero-order chi connectivity index (χ0) is 15.5. The molecule has 1 heterocycles. The lowest BCUT2D eigenvalue weighted by atomic mass is 9.92. The minimum absolute atomic E-state index is 0.0753. The number of halogens is 1. The third-order valence-corrected chi connectivity index (χ3v) is 4.77. The lowest BCUT2D eigenvalue weighted by Crippen LogP contribution is -2.59. The Morgan fingerprint density at radius 1 is 1.19 bits per heavy atom. The number of nitrogens with zero attached hydrogens (tertiary/aromatic N) is 2. The maximum absolute atomic E-state index is 12.5. The molecule has 1 aliphatic rings. The van der Waals surface area contributed by atoms with Crippen molar-refractivity contribution in [2.75, 3.05) is 31.1 Å². The van der Waals surface area contributed by atoms with Crippen LogP contribution in [0.2, 0.25) is 5.02 Å². The molecule has 1 aliphatic heterocycles. The average Bonchev–Trinajstić information content (AvgIpc) is 2.54. The molecule has 0 unspecified atom stereocenters. The molecule has 1 aromatic carbocycles. The van der Waals surface area contributed by atoms with Crippen molar-refractivity contribution in [3.63, 3.8) is 0 Å². The minimum Gasteiger partial charge on any atom is -0.367 e. The Labute approximate surface area is 131 Å². The van der Waals surface area contributed by atoms with Crippen molar-refractivity contribution in [1.82, 2.24) is 4.90 Å². The van der Waals surface area contributed by atoms with E-state index >= 15 is 0 Å². The molecule has 0 aromatic heterocycles. The van der Waals surface area contributed by atoms with Crippen LogP contribution in [-0.2, 0) is 4.79 Å². The van der Waals surface area contributed by atoms with Gasteiger partial charge in [-0.05, 0) is 25.0 Å². The molecule has 1 saturated heterocycles. The number of rotatable bonds is 4. The van der Waals surface area contributed by atoms with Crippen molar-refractivity contribution in [2.45, 2.75) is 32.2 Å². The van der Waals surface area contributed by atoms with E-state index in [4.69, 9.17) is 17.3 Å². The van der Waals surface area contributed by atoms with Gasteiger partial charge >= 0.3 is 0 Å². The van der Waals surface area contributed by atoms with Gasteiger partial charge in [-0.15, -0.1) is 0 Å². The Kier molecular flexibility index (Phi) is 5.12. The van der Waals surface area contributed by atoms with Crippen molar-refractivity contribution < 1.29 is 4.79 Å². The Morgan fingerprint density at radius 2 is 1.76 bits per heavy atom. The number of benzene rings is 1. The molecule has 0 saturated carbocycles. The predicted octanol–water partition coefficient (Wildman–Crippen LogP) is 2.51. The van der Waals surface area contributed by atoms with E-state index in [0.717, 1.165) is 23.8 Å². The number of carbonyl (C=O) groups is 1. The fraction of sp³-hybridized carbons (Fsp3) is 0.562. The van der Waals surface area contributed by atoms with Crippen LogP contribution in [0.1, 0.15) is 26.7 Å². The summed E-state index contributed by atoms with van der Waals surface area (Å²) in [6.45, 7) is 6.92. The van der Waals surface area contributed by atoms with Crippen molar-refractivity contribution in [2.24, 2.45) is 5.73 Å². The Hall–Kier alpha value is -1.26.